The maximum Gasteiger partial charge on any atom is 0.325 e. The molecule has 2 aromatic rings. The maximum absolute atomic E-state index is 11.5. The third-order valence-corrected chi connectivity index (χ3v) is 4.11. The molecule has 5 nitrogen and oxygen atoms in total. The van der Waals surface area contributed by atoms with Gasteiger partial charge >= 0.3 is 5.97 Å². The van der Waals surface area contributed by atoms with E-state index in [1.165, 1.54) is 30.9 Å². The number of amides is 1. The second-order valence-electron chi connectivity index (χ2n) is 4.58. The van der Waals surface area contributed by atoms with Crippen molar-refractivity contribution in [3.8, 4) is 0 Å². The van der Waals surface area contributed by atoms with Crippen molar-refractivity contribution in [2.45, 2.75) is 27.3 Å². The topological polar surface area (TPSA) is 60.7 Å². The van der Waals surface area contributed by atoms with Gasteiger partial charge in [-0.3, -0.25) is 9.59 Å². The third-order valence-electron chi connectivity index (χ3n) is 3.07. The van der Waals surface area contributed by atoms with E-state index in [1.54, 1.807) is 4.57 Å². The average molecular weight is 292 g/mol. The molecule has 0 bridgehead atoms. The molecule has 0 aliphatic rings. The predicted octanol–water partition coefficient (Wildman–Crippen LogP) is 1.94. The summed E-state index contributed by atoms with van der Waals surface area (Å²) in [5.41, 5.74) is 3.19. The molecule has 1 amide bonds. The van der Waals surface area contributed by atoms with Crippen LogP contribution in [0.3, 0.4) is 0 Å². The highest BCUT2D eigenvalue weighted by molar-refractivity contribution is 7.16. The van der Waals surface area contributed by atoms with Gasteiger partial charge in [0.15, 0.2) is 4.80 Å². The summed E-state index contributed by atoms with van der Waals surface area (Å²) in [5, 5.41) is 0. The number of esters is 1. The van der Waals surface area contributed by atoms with E-state index in [0.29, 0.717) is 4.80 Å². The van der Waals surface area contributed by atoms with Gasteiger partial charge in [-0.15, -0.1) is 0 Å². The Labute approximate surface area is 120 Å². The zero-order valence-corrected chi connectivity index (χ0v) is 12.7. The fourth-order valence-corrected chi connectivity index (χ4v) is 3.04. The number of hydrogen-bond acceptors (Lipinski definition) is 4. The molecule has 0 aliphatic carbocycles. The van der Waals surface area contributed by atoms with Gasteiger partial charge in [-0.1, -0.05) is 11.3 Å². The smallest absolute Gasteiger partial charge is 0.325 e. The lowest BCUT2D eigenvalue weighted by Gasteiger charge is -2.05. The number of carbonyl (C=O) groups excluding carboxylic acids is 2. The molecule has 0 atom stereocenters. The van der Waals surface area contributed by atoms with Gasteiger partial charge in [0.1, 0.15) is 6.54 Å². The molecule has 0 unspecified atom stereocenters. The quantitative estimate of drug-likeness (QED) is 0.795. The first-order chi connectivity index (χ1) is 9.42. The van der Waals surface area contributed by atoms with Crippen LogP contribution in [0.25, 0.3) is 10.2 Å². The Morgan fingerprint density at radius 3 is 2.55 bits per heavy atom. The fourth-order valence-electron chi connectivity index (χ4n) is 1.89. The van der Waals surface area contributed by atoms with Crippen LogP contribution >= 0.6 is 11.3 Å². The van der Waals surface area contributed by atoms with E-state index in [0.717, 1.165) is 15.8 Å². The Kier molecular flexibility index (Phi) is 4.04. The van der Waals surface area contributed by atoms with Crippen molar-refractivity contribution in [3.63, 3.8) is 0 Å². The van der Waals surface area contributed by atoms with Crippen LogP contribution in [0.15, 0.2) is 17.1 Å². The molecule has 1 aromatic heterocycles. The number of thiazole rings is 1. The average Bonchev–Trinajstić information content (AvgIpc) is 2.67. The van der Waals surface area contributed by atoms with E-state index in [1.807, 2.05) is 26.0 Å². The number of ether oxygens (including phenoxy) is 1. The number of methoxy groups -OCH3 is 1. The van der Waals surface area contributed by atoms with Crippen molar-refractivity contribution in [2.24, 2.45) is 4.99 Å². The highest BCUT2D eigenvalue weighted by Crippen LogP contribution is 2.22. The molecule has 0 saturated carbocycles. The monoisotopic (exact) mass is 292 g/mol. The van der Waals surface area contributed by atoms with Crippen LogP contribution in [-0.2, 0) is 20.9 Å². The number of nitrogens with zero attached hydrogens (tertiary/aromatic N) is 2. The Bertz CT molecular complexity index is 756. The number of benzene rings is 1. The predicted molar refractivity (Wildman–Crippen MR) is 77.5 cm³/mol. The number of aryl methyl sites for hydroxylation is 2. The second-order valence-corrected chi connectivity index (χ2v) is 5.59. The van der Waals surface area contributed by atoms with Crippen molar-refractivity contribution in [3.05, 3.63) is 28.1 Å². The van der Waals surface area contributed by atoms with Crippen LogP contribution < -0.4 is 4.80 Å². The Morgan fingerprint density at radius 2 is 1.95 bits per heavy atom. The standard InChI is InChI=1S/C14H16N2O3S/c1-8-5-11-12(6-9(8)2)20-14(15-10(3)17)16(11)7-13(18)19-4/h5-6H,7H2,1-4H3. The number of aromatic nitrogens is 1. The largest absolute Gasteiger partial charge is 0.468 e. The van der Waals surface area contributed by atoms with E-state index in [9.17, 15) is 9.59 Å². The second kappa shape index (κ2) is 5.58. The molecule has 6 heteroatoms. The van der Waals surface area contributed by atoms with E-state index in [4.69, 9.17) is 4.74 Å². The lowest BCUT2D eigenvalue weighted by molar-refractivity contribution is -0.141. The first-order valence-electron chi connectivity index (χ1n) is 6.15. The molecule has 0 spiro atoms. The van der Waals surface area contributed by atoms with Gasteiger partial charge in [0, 0.05) is 6.92 Å². The summed E-state index contributed by atoms with van der Waals surface area (Å²) in [6.45, 7) is 5.48. The zero-order chi connectivity index (χ0) is 14.9. The van der Waals surface area contributed by atoms with Crippen molar-refractivity contribution in [2.75, 3.05) is 7.11 Å². The molecule has 0 aliphatic heterocycles. The van der Waals surface area contributed by atoms with Gasteiger partial charge in [-0.25, -0.2) is 0 Å². The van der Waals surface area contributed by atoms with Crippen LogP contribution in [0.4, 0.5) is 0 Å². The van der Waals surface area contributed by atoms with Crippen molar-refractivity contribution in [1.82, 2.24) is 4.57 Å². The number of fused-ring (bicyclic) bond motifs is 1. The van der Waals surface area contributed by atoms with Gasteiger partial charge in [-0.05, 0) is 37.1 Å². The van der Waals surface area contributed by atoms with Gasteiger partial charge in [0.05, 0.1) is 17.3 Å². The highest BCUT2D eigenvalue weighted by Gasteiger charge is 2.12. The van der Waals surface area contributed by atoms with Crippen LogP contribution in [0.5, 0.6) is 0 Å². The first kappa shape index (κ1) is 14.5. The first-order valence-corrected chi connectivity index (χ1v) is 6.96. The summed E-state index contributed by atoms with van der Waals surface area (Å²) in [5.74, 6) is -0.656. The lowest BCUT2D eigenvalue weighted by Crippen LogP contribution is -2.22. The molecule has 20 heavy (non-hydrogen) atoms. The molecule has 0 saturated heterocycles. The van der Waals surface area contributed by atoms with Crippen molar-refractivity contribution < 1.29 is 14.3 Å². The number of carbonyl (C=O) groups is 2. The van der Waals surface area contributed by atoms with Gasteiger partial charge in [0.25, 0.3) is 0 Å². The molecule has 0 radical (unpaired) electrons. The molecular weight excluding hydrogens is 276 g/mol. The maximum atomic E-state index is 11.5. The highest BCUT2D eigenvalue weighted by atomic mass is 32.1. The third kappa shape index (κ3) is 2.80. The van der Waals surface area contributed by atoms with Gasteiger partial charge in [-0.2, -0.15) is 4.99 Å². The minimum absolute atomic E-state index is 0.0467. The number of hydrogen-bond donors (Lipinski definition) is 0. The number of rotatable bonds is 2. The summed E-state index contributed by atoms with van der Waals surface area (Å²) >= 11 is 1.40. The van der Waals surface area contributed by atoms with Crippen LogP contribution in [-0.4, -0.2) is 23.6 Å². The van der Waals surface area contributed by atoms with Gasteiger partial charge in [0.2, 0.25) is 5.91 Å². The minimum Gasteiger partial charge on any atom is -0.468 e. The van der Waals surface area contributed by atoms with E-state index >= 15 is 0 Å². The van der Waals surface area contributed by atoms with Crippen molar-refractivity contribution >= 4 is 33.4 Å². The van der Waals surface area contributed by atoms with E-state index in [2.05, 4.69) is 4.99 Å². The molecule has 106 valence electrons. The molecule has 1 aromatic carbocycles. The van der Waals surface area contributed by atoms with Gasteiger partial charge < -0.3 is 9.30 Å². The molecule has 0 N–H and O–H groups in total. The molecule has 0 fully saturated rings. The summed E-state index contributed by atoms with van der Waals surface area (Å²) in [6, 6.07) is 4.05. The summed E-state index contributed by atoms with van der Waals surface area (Å²) in [4.78, 5) is 27.3. The van der Waals surface area contributed by atoms with E-state index in [-0.39, 0.29) is 18.4 Å². The van der Waals surface area contributed by atoms with Crippen LogP contribution in [0.2, 0.25) is 0 Å². The summed E-state index contributed by atoms with van der Waals surface area (Å²) in [7, 11) is 1.34. The Hall–Kier alpha value is -1.95. The van der Waals surface area contributed by atoms with Crippen molar-refractivity contribution in [1.29, 1.82) is 0 Å². The Morgan fingerprint density at radius 1 is 1.30 bits per heavy atom. The molecular formula is C14H16N2O3S. The normalized spacial score (nSPS) is 11.9. The zero-order valence-electron chi connectivity index (χ0n) is 11.9. The summed E-state index contributed by atoms with van der Waals surface area (Å²) in [6.07, 6.45) is 0. The molecule has 2 rings (SSSR count). The Balaban J connectivity index is 2.74. The minimum atomic E-state index is -0.368. The summed E-state index contributed by atoms with van der Waals surface area (Å²) < 4.78 is 7.42. The fraction of sp³-hybridized carbons (Fsp3) is 0.357. The SMILES string of the molecule is COC(=O)Cn1c(=NC(C)=O)sc2cc(C)c(C)cc21. The lowest BCUT2D eigenvalue weighted by atomic mass is 10.1. The van der Waals surface area contributed by atoms with E-state index < -0.39 is 0 Å². The van der Waals surface area contributed by atoms with Crippen LogP contribution in [0, 0.1) is 13.8 Å². The molecule has 1 heterocycles. The van der Waals surface area contributed by atoms with Crippen LogP contribution in [0.1, 0.15) is 18.1 Å².